The Morgan fingerprint density at radius 3 is 2.77 bits per heavy atom. The molecule has 3 rings (SSSR count). The second-order valence-corrected chi connectivity index (χ2v) is 7.40. The summed E-state index contributed by atoms with van der Waals surface area (Å²) in [4.78, 5) is 23.6. The summed E-state index contributed by atoms with van der Waals surface area (Å²) < 4.78 is 16.0. The van der Waals surface area contributed by atoms with Crippen molar-refractivity contribution in [1.29, 1.82) is 0 Å². The fourth-order valence-corrected chi connectivity index (χ4v) is 3.78. The monoisotopic (exact) mass is 393 g/mol. The highest BCUT2D eigenvalue weighted by Gasteiger charge is 2.16. The molecule has 0 unspecified atom stereocenters. The smallest absolute Gasteiger partial charge is 0.373 e. The number of nitrogens with one attached hydrogen (secondary N) is 1. The molecule has 0 atom stereocenters. The van der Waals surface area contributed by atoms with Crippen LogP contribution >= 0.6 is 23.1 Å². The molecule has 0 saturated heterocycles. The van der Waals surface area contributed by atoms with E-state index in [1.807, 2.05) is 0 Å². The minimum atomic E-state index is -0.521. The molecule has 0 aliphatic rings. The van der Waals surface area contributed by atoms with E-state index in [1.54, 1.807) is 32.0 Å². The number of thioether (sulfide) groups is 1. The normalized spacial score (nSPS) is 10.7. The van der Waals surface area contributed by atoms with Gasteiger partial charge >= 0.3 is 5.97 Å². The van der Waals surface area contributed by atoms with Gasteiger partial charge in [-0.1, -0.05) is 23.1 Å². The Labute approximate surface area is 156 Å². The average molecular weight is 393 g/mol. The number of nitrogens with zero attached hydrogens (tertiary/aromatic N) is 2. The molecule has 0 fully saturated rings. The number of carbonyl (C=O) groups is 2. The van der Waals surface area contributed by atoms with Gasteiger partial charge in [0.15, 0.2) is 4.34 Å². The molecular formula is C16H15N3O5S2. The first-order valence-electron chi connectivity index (χ1n) is 7.48. The van der Waals surface area contributed by atoms with Gasteiger partial charge in [-0.25, -0.2) is 4.79 Å². The number of hydrogen-bond donors (Lipinski definition) is 1. The van der Waals surface area contributed by atoms with Gasteiger partial charge in [0.25, 0.3) is 5.91 Å². The molecular weight excluding hydrogens is 378 g/mol. The van der Waals surface area contributed by atoms with Crippen molar-refractivity contribution in [2.75, 3.05) is 12.4 Å². The number of methoxy groups -OCH3 is 1. The molecule has 0 aliphatic heterocycles. The van der Waals surface area contributed by atoms with Crippen LogP contribution in [0.3, 0.4) is 0 Å². The molecule has 1 N–H and O–H groups in total. The maximum absolute atomic E-state index is 12.2. The van der Waals surface area contributed by atoms with Gasteiger partial charge in [-0.05, 0) is 32.0 Å². The zero-order chi connectivity index (χ0) is 18.7. The van der Waals surface area contributed by atoms with Crippen molar-refractivity contribution < 1.29 is 23.2 Å². The lowest BCUT2D eigenvalue weighted by molar-refractivity contribution is 0.0563. The third kappa shape index (κ3) is 4.14. The predicted octanol–water partition coefficient (Wildman–Crippen LogP) is 3.67. The first-order valence-corrected chi connectivity index (χ1v) is 9.28. The molecule has 0 radical (unpaired) electrons. The second-order valence-electron chi connectivity index (χ2n) is 5.20. The Morgan fingerprint density at radius 1 is 1.27 bits per heavy atom. The van der Waals surface area contributed by atoms with Crippen molar-refractivity contribution in [1.82, 2.24) is 10.2 Å². The number of aryl methyl sites for hydroxylation is 2. The van der Waals surface area contributed by atoms with E-state index in [0.717, 1.165) is 0 Å². The molecule has 3 aromatic rings. The van der Waals surface area contributed by atoms with Gasteiger partial charge in [0.2, 0.25) is 10.9 Å². The lowest BCUT2D eigenvalue weighted by Gasteiger charge is -1.98. The van der Waals surface area contributed by atoms with Crippen LogP contribution in [0, 0.1) is 13.8 Å². The molecule has 136 valence electrons. The third-order valence-electron chi connectivity index (χ3n) is 3.30. The summed E-state index contributed by atoms with van der Waals surface area (Å²) in [7, 11) is 1.29. The first kappa shape index (κ1) is 18.2. The number of hydrogen-bond acceptors (Lipinski definition) is 9. The molecule has 26 heavy (non-hydrogen) atoms. The number of anilines is 1. The Hall–Kier alpha value is -2.59. The van der Waals surface area contributed by atoms with Crippen LogP contribution in [-0.4, -0.2) is 29.2 Å². The molecule has 3 heterocycles. The molecule has 8 nitrogen and oxygen atoms in total. The lowest BCUT2D eigenvalue weighted by atomic mass is 10.2. The molecule has 1 amide bonds. The van der Waals surface area contributed by atoms with Crippen LogP contribution in [-0.2, 0) is 10.5 Å². The fourth-order valence-electron chi connectivity index (χ4n) is 2.14. The summed E-state index contributed by atoms with van der Waals surface area (Å²) in [5.41, 5.74) is 0.470. The van der Waals surface area contributed by atoms with Crippen molar-refractivity contribution >= 4 is 40.1 Å². The molecule has 0 aromatic carbocycles. The summed E-state index contributed by atoms with van der Waals surface area (Å²) in [5.74, 6) is 1.65. The number of esters is 1. The SMILES string of the molecule is COC(=O)c1ccc(CSc2nnc(NC(=O)c3cc(C)oc3C)s2)o1. The van der Waals surface area contributed by atoms with Crippen LogP contribution in [0.15, 0.2) is 31.4 Å². The highest BCUT2D eigenvalue weighted by Crippen LogP contribution is 2.29. The first-order chi connectivity index (χ1) is 12.5. The van der Waals surface area contributed by atoms with Gasteiger partial charge in [0.1, 0.15) is 17.3 Å². The zero-order valence-electron chi connectivity index (χ0n) is 14.2. The zero-order valence-corrected chi connectivity index (χ0v) is 15.8. The number of furan rings is 2. The Balaban J connectivity index is 1.58. The molecule has 0 bridgehead atoms. The topological polar surface area (TPSA) is 107 Å². The van der Waals surface area contributed by atoms with Crippen molar-refractivity contribution in [2.24, 2.45) is 0 Å². The standard InChI is InChI=1S/C16H15N3O5S2/c1-8-6-11(9(2)23-8)13(20)17-15-18-19-16(26-15)25-7-10-4-5-12(24-10)14(21)22-3/h4-6H,7H2,1-3H3,(H,17,18,20). The third-order valence-corrected chi connectivity index (χ3v) is 5.29. The van der Waals surface area contributed by atoms with Crippen molar-refractivity contribution in [3.63, 3.8) is 0 Å². The second kappa shape index (κ2) is 7.75. The van der Waals surface area contributed by atoms with Gasteiger partial charge in [-0.2, -0.15) is 0 Å². The summed E-state index contributed by atoms with van der Waals surface area (Å²) in [6.45, 7) is 3.51. The van der Waals surface area contributed by atoms with Gasteiger partial charge in [-0.15, -0.1) is 10.2 Å². The number of ether oxygens (including phenoxy) is 1. The Bertz CT molecular complexity index is 943. The summed E-state index contributed by atoms with van der Waals surface area (Å²) in [6.07, 6.45) is 0. The minimum Gasteiger partial charge on any atom is -0.466 e. The van der Waals surface area contributed by atoms with Gasteiger partial charge in [-0.3, -0.25) is 10.1 Å². The number of amides is 1. The number of carbonyl (C=O) groups excluding carboxylic acids is 2. The highest BCUT2D eigenvalue weighted by atomic mass is 32.2. The molecule has 10 heteroatoms. The quantitative estimate of drug-likeness (QED) is 0.384. The summed E-state index contributed by atoms with van der Waals surface area (Å²) in [5, 5.41) is 11.1. The van der Waals surface area contributed by atoms with E-state index >= 15 is 0 Å². The van der Waals surface area contributed by atoms with Gasteiger partial charge in [0.05, 0.1) is 18.4 Å². The molecule has 0 spiro atoms. The largest absolute Gasteiger partial charge is 0.466 e. The lowest BCUT2D eigenvalue weighted by Crippen LogP contribution is -2.11. The van der Waals surface area contributed by atoms with E-state index in [-0.39, 0.29) is 11.7 Å². The van der Waals surface area contributed by atoms with E-state index in [9.17, 15) is 9.59 Å². The minimum absolute atomic E-state index is 0.152. The molecule has 3 aromatic heterocycles. The van der Waals surface area contributed by atoms with Crippen molar-refractivity contribution in [3.8, 4) is 0 Å². The van der Waals surface area contributed by atoms with E-state index in [2.05, 4.69) is 20.3 Å². The van der Waals surface area contributed by atoms with Crippen LogP contribution in [0.1, 0.15) is 38.2 Å². The van der Waals surface area contributed by atoms with Gasteiger partial charge < -0.3 is 13.6 Å². The van der Waals surface area contributed by atoms with Gasteiger partial charge in [0, 0.05) is 0 Å². The van der Waals surface area contributed by atoms with E-state index in [4.69, 9.17) is 8.83 Å². The Morgan fingerprint density at radius 2 is 2.08 bits per heavy atom. The molecule has 0 saturated carbocycles. The van der Waals surface area contributed by atoms with Crippen LogP contribution in [0.2, 0.25) is 0 Å². The predicted molar refractivity (Wildman–Crippen MR) is 95.7 cm³/mol. The maximum Gasteiger partial charge on any atom is 0.373 e. The average Bonchev–Trinajstić information content (AvgIpc) is 3.32. The highest BCUT2D eigenvalue weighted by molar-refractivity contribution is 8.00. The van der Waals surface area contributed by atoms with Crippen LogP contribution in [0.4, 0.5) is 5.13 Å². The van der Waals surface area contributed by atoms with Crippen LogP contribution in [0.5, 0.6) is 0 Å². The van der Waals surface area contributed by atoms with Crippen LogP contribution in [0.25, 0.3) is 0 Å². The summed E-state index contributed by atoms with van der Waals surface area (Å²) >= 11 is 2.64. The fraction of sp³-hybridized carbons (Fsp3) is 0.250. The van der Waals surface area contributed by atoms with E-state index in [1.165, 1.54) is 30.2 Å². The number of rotatable bonds is 6. The van der Waals surface area contributed by atoms with Crippen LogP contribution < -0.4 is 5.32 Å². The summed E-state index contributed by atoms with van der Waals surface area (Å²) in [6, 6.07) is 4.94. The molecule has 0 aliphatic carbocycles. The van der Waals surface area contributed by atoms with Crippen molar-refractivity contribution in [3.05, 3.63) is 46.8 Å². The van der Waals surface area contributed by atoms with E-state index in [0.29, 0.717) is 38.1 Å². The maximum atomic E-state index is 12.2. The van der Waals surface area contributed by atoms with Crippen molar-refractivity contribution in [2.45, 2.75) is 23.9 Å². The van der Waals surface area contributed by atoms with E-state index < -0.39 is 5.97 Å². The Kier molecular flexibility index (Phi) is 5.43. The number of aromatic nitrogens is 2.